The van der Waals surface area contributed by atoms with Gasteiger partial charge in [-0.05, 0) is 104 Å². The summed E-state index contributed by atoms with van der Waals surface area (Å²) in [5, 5.41) is 29.1. The Labute approximate surface area is 193 Å². The molecular weight excluding hydrogens is 400 g/mol. The number of nitrogen functional groups attached to an aromatic ring is 1. The number of aromatic amines is 1. The maximum absolute atomic E-state index is 11.8. The van der Waals surface area contributed by atoms with Crippen molar-refractivity contribution in [3.8, 4) is 0 Å². The molecule has 5 N–H and O–H groups in total. The van der Waals surface area contributed by atoms with Crippen LogP contribution in [0.4, 0.5) is 5.95 Å². The number of hydrogen-bond donors (Lipinski definition) is 4. The van der Waals surface area contributed by atoms with E-state index in [-0.39, 0.29) is 17.6 Å². The van der Waals surface area contributed by atoms with Crippen LogP contribution in [0.2, 0.25) is 0 Å². The molecule has 0 spiro atoms. The van der Waals surface area contributed by atoms with Crippen LogP contribution in [0.15, 0.2) is 0 Å². The number of nitrogens with two attached hydrogens (primary N) is 1. The number of rotatable bonds is 5. The second-order valence-electron chi connectivity index (χ2n) is 12.2. The summed E-state index contributed by atoms with van der Waals surface area (Å²) in [5.41, 5.74) is 6.29. The molecule has 0 amide bonds. The van der Waals surface area contributed by atoms with Gasteiger partial charge in [-0.1, -0.05) is 27.2 Å². The lowest BCUT2D eigenvalue weighted by molar-refractivity contribution is -0.202. The molecule has 4 aliphatic carbocycles. The molecular formula is C26H44N4O2. The number of aryl methyl sites for hydroxylation is 1. The number of aliphatic hydroxyl groups is 2. The first-order chi connectivity index (χ1) is 15.3. The fourth-order valence-electron chi connectivity index (χ4n) is 9.48. The summed E-state index contributed by atoms with van der Waals surface area (Å²) < 4.78 is 0. The molecule has 0 saturated heterocycles. The number of anilines is 1. The molecule has 5 rings (SSSR count). The minimum atomic E-state index is -0.200. The van der Waals surface area contributed by atoms with Crippen molar-refractivity contribution in [2.45, 2.75) is 104 Å². The van der Waals surface area contributed by atoms with E-state index in [4.69, 9.17) is 5.73 Å². The molecule has 4 saturated carbocycles. The van der Waals surface area contributed by atoms with Gasteiger partial charge < -0.3 is 15.9 Å². The number of aromatic nitrogens is 3. The Balaban J connectivity index is 1.34. The molecule has 0 radical (unpaired) electrons. The van der Waals surface area contributed by atoms with Crippen LogP contribution < -0.4 is 5.73 Å². The molecule has 1 heterocycles. The zero-order valence-electron chi connectivity index (χ0n) is 20.3. The van der Waals surface area contributed by atoms with E-state index in [2.05, 4.69) is 36.0 Å². The van der Waals surface area contributed by atoms with Crippen LogP contribution in [0, 0.1) is 46.3 Å². The van der Waals surface area contributed by atoms with E-state index < -0.39 is 0 Å². The maximum atomic E-state index is 11.8. The molecule has 4 aliphatic rings. The molecule has 0 aromatic carbocycles. The van der Waals surface area contributed by atoms with Gasteiger partial charge in [0.05, 0.1) is 12.2 Å². The lowest BCUT2D eigenvalue weighted by atomic mass is 9.41. The van der Waals surface area contributed by atoms with Gasteiger partial charge in [-0.3, -0.25) is 5.10 Å². The molecule has 1 aromatic heterocycles. The molecule has 32 heavy (non-hydrogen) atoms. The molecule has 10 atom stereocenters. The molecule has 4 fully saturated rings. The largest absolute Gasteiger partial charge is 0.393 e. The van der Waals surface area contributed by atoms with Gasteiger partial charge in [0.15, 0.2) is 0 Å². The summed E-state index contributed by atoms with van der Waals surface area (Å²) in [6.07, 6.45) is 12.0. The summed E-state index contributed by atoms with van der Waals surface area (Å²) in [6, 6.07) is 0. The minimum Gasteiger partial charge on any atom is -0.393 e. The van der Waals surface area contributed by atoms with Crippen LogP contribution in [-0.2, 0) is 6.42 Å². The standard InChI is InChI=1S/C26H44N4O2/c1-4-17-20-14-16(31)10-12-26(20,3)19-11-13-25(2)15(8-9-18(25)22(19)23(17)32)6-5-7-21-28-24(27)30-29-21/h15-20,22-23,31-32H,4-14H2,1-3H3,(H3,27,28,29,30)/t15-,16+,17+,18-,19-,20-,22-,23+,25+,26+/m0/s1. The highest BCUT2D eigenvalue weighted by Crippen LogP contribution is 2.69. The predicted molar refractivity (Wildman–Crippen MR) is 126 cm³/mol. The summed E-state index contributed by atoms with van der Waals surface area (Å²) in [6.45, 7) is 7.32. The fourth-order valence-corrected chi connectivity index (χ4v) is 9.48. The Morgan fingerprint density at radius 1 is 1.03 bits per heavy atom. The monoisotopic (exact) mass is 444 g/mol. The zero-order chi connectivity index (χ0) is 22.7. The molecule has 0 unspecified atom stereocenters. The van der Waals surface area contributed by atoms with Crippen LogP contribution >= 0.6 is 0 Å². The molecule has 0 aliphatic heterocycles. The third-order valence-corrected chi connectivity index (χ3v) is 11.1. The van der Waals surface area contributed by atoms with Crippen molar-refractivity contribution < 1.29 is 10.2 Å². The van der Waals surface area contributed by atoms with Crippen molar-refractivity contribution in [2.24, 2.45) is 46.3 Å². The average Bonchev–Trinajstić information content (AvgIpc) is 3.32. The maximum Gasteiger partial charge on any atom is 0.239 e. The Bertz CT molecular complexity index is 814. The van der Waals surface area contributed by atoms with Crippen LogP contribution in [-0.4, -0.2) is 37.6 Å². The highest BCUT2D eigenvalue weighted by molar-refractivity contribution is 5.14. The predicted octanol–water partition coefficient (Wildman–Crippen LogP) is 4.34. The molecule has 6 nitrogen and oxygen atoms in total. The summed E-state index contributed by atoms with van der Waals surface area (Å²) in [5.74, 6) is 4.49. The Morgan fingerprint density at radius 2 is 1.78 bits per heavy atom. The quantitative estimate of drug-likeness (QED) is 0.540. The number of aliphatic hydroxyl groups excluding tert-OH is 2. The minimum absolute atomic E-state index is 0.171. The first-order valence-electron chi connectivity index (χ1n) is 13.3. The number of fused-ring (bicyclic) bond motifs is 5. The van der Waals surface area contributed by atoms with Crippen molar-refractivity contribution in [3.05, 3.63) is 5.82 Å². The topological polar surface area (TPSA) is 108 Å². The van der Waals surface area contributed by atoms with Gasteiger partial charge in [0, 0.05) is 6.42 Å². The van der Waals surface area contributed by atoms with E-state index in [0.717, 1.165) is 50.3 Å². The highest BCUT2D eigenvalue weighted by Gasteiger charge is 2.64. The van der Waals surface area contributed by atoms with Gasteiger partial charge in [-0.25, -0.2) is 0 Å². The van der Waals surface area contributed by atoms with Gasteiger partial charge in [0.25, 0.3) is 0 Å². The van der Waals surface area contributed by atoms with Crippen LogP contribution in [0.5, 0.6) is 0 Å². The SMILES string of the molecule is CC[C@H]1[C@@H](O)[C@@H]2[C@H](CC[C@]3(C)[C@@H](CCCc4nc(N)n[nH]4)CC[C@@H]23)[C@@]2(C)CC[C@@H](O)C[C@@H]12. The van der Waals surface area contributed by atoms with E-state index in [0.29, 0.717) is 41.0 Å². The summed E-state index contributed by atoms with van der Waals surface area (Å²) >= 11 is 0. The second kappa shape index (κ2) is 8.26. The van der Waals surface area contributed by atoms with E-state index in [1.165, 1.54) is 32.1 Å². The lowest BCUT2D eigenvalue weighted by Gasteiger charge is -2.64. The lowest BCUT2D eigenvalue weighted by Crippen LogP contribution is -2.62. The highest BCUT2D eigenvalue weighted by atomic mass is 16.3. The average molecular weight is 445 g/mol. The Morgan fingerprint density at radius 3 is 2.50 bits per heavy atom. The molecule has 6 heteroatoms. The smallest absolute Gasteiger partial charge is 0.239 e. The number of hydrogen-bond acceptors (Lipinski definition) is 5. The van der Waals surface area contributed by atoms with Crippen molar-refractivity contribution in [2.75, 3.05) is 5.73 Å². The Hall–Kier alpha value is -1.14. The molecule has 1 aromatic rings. The van der Waals surface area contributed by atoms with E-state index >= 15 is 0 Å². The number of nitrogens with zero attached hydrogens (tertiary/aromatic N) is 2. The normalized spacial score (nSPS) is 48.2. The first-order valence-corrected chi connectivity index (χ1v) is 13.3. The second-order valence-corrected chi connectivity index (χ2v) is 12.2. The number of nitrogens with one attached hydrogen (secondary N) is 1. The summed E-state index contributed by atoms with van der Waals surface area (Å²) in [4.78, 5) is 4.27. The van der Waals surface area contributed by atoms with Gasteiger partial charge in [0.1, 0.15) is 5.82 Å². The van der Waals surface area contributed by atoms with Crippen molar-refractivity contribution >= 4 is 5.95 Å². The van der Waals surface area contributed by atoms with Gasteiger partial charge in [-0.15, -0.1) is 5.10 Å². The van der Waals surface area contributed by atoms with E-state index in [9.17, 15) is 10.2 Å². The Kier molecular flexibility index (Phi) is 5.85. The fraction of sp³-hybridized carbons (Fsp3) is 0.923. The van der Waals surface area contributed by atoms with Crippen molar-refractivity contribution in [1.29, 1.82) is 0 Å². The molecule has 180 valence electrons. The van der Waals surface area contributed by atoms with Crippen LogP contribution in [0.25, 0.3) is 0 Å². The van der Waals surface area contributed by atoms with Gasteiger partial charge in [-0.2, -0.15) is 4.98 Å². The third-order valence-electron chi connectivity index (χ3n) is 11.1. The number of H-pyrrole nitrogens is 1. The first kappa shape index (κ1) is 22.6. The van der Waals surface area contributed by atoms with Crippen molar-refractivity contribution in [1.82, 2.24) is 15.2 Å². The van der Waals surface area contributed by atoms with E-state index in [1.807, 2.05) is 0 Å². The van der Waals surface area contributed by atoms with Gasteiger partial charge >= 0.3 is 0 Å². The van der Waals surface area contributed by atoms with Crippen LogP contribution in [0.3, 0.4) is 0 Å². The van der Waals surface area contributed by atoms with Gasteiger partial charge in [0.2, 0.25) is 5.95 Å². The molecule has 0 bridgehead atoms. The summed E-state index contributed by atoms with van der Waals surface area (Å²) in [7, 11) is 0. The zero-order valence-corrected chi connectivity index (χ0v) is 20.3. The van der Waals surface area contributed by atoms with E-state index in [1.54, 1.807) is 0 Å². The third kappa shape index (κ3) is 3.43. The van der Waals surface area contributed by atoms with Crippen LogP contribution in [0.1, 0.15) is 90.8 Å². The van der Waals surface area contributed by atoms with Crippen molar-refractivity contribution in [3.63, 3.8) is 0 Å².